The fourth-order valence-corrected chi connectivity index (χ4v) is 0. The molecule has 0 aromatic heterocycles. The number of halogens is 2. The fraction of sp³-hybridized carbons (Fsp3) is 1.00. The summed E-state index contributed by atoms with van der Waals surface area (Å²) >= 11 is 7.86. The maximum absolute atomic E-state index is 4.91. The Morgan fingerprint density at radius 3 is 1.75 bits per heavy atom. The van der Waals surface area contributed by atoms with Gasteiger partial charge in [-0.2, -0.15) is 0 Å². The minimum absolute atomic E-state index is 0. The molecule has 0 nitrogen and oxygen atoms in total. The van der Waals surface area contributed by atoms with Gasteiger partial charge in [-0.15, -0.1) is 0 Å². The smallest absolute Gasteiger partial charge is 0.176 e. The minimum atomic E-state index is 0. The first-order valence-corrected chi connectivity index (χ1v) is 1.86. The molecule has 0 atom stereocenters. The predicted octanol–water partition coefficient (Wildman–Crippen LogP) is -2.80. The molecule has 28 valence electrons. The summed E-state index contributed by atoms with van der Waals surface area (Å²) < 4.78 is 0. The zero-order valence-corrected chi connectivity index (χ0v) is 4.47. The van der Waals surface area contributed by atoms with Gasteiger partial charge in [-0.1, -0.05) is 11.6 Å². The highest BCUT2D eigenvalue weighted by Crippen LogP contribution is 1.57. The highest BCUT2D eigenvalue weighted by atomic mass is 35.5. The zero-order chi connectivity index (χ0) is 2.71. The highest BCUT2D eigenvalue weighted by Gasteiger charge is 1.48. The molecule has 0 bridgehead atoms. The lowest BCUT2D eigenvalue weighted by Gasteiger charge is -1.35. The van der Waals surface area contributed by atoms with Crippen molar-refractivity contribution in [2.45, 2.75) is 0 Å². The van der Waals surface area contributed by atoms with Gasteiger partial charge in [0.05, 0.1) is 0 Å². The second kappa shape index (κ2) is 9.06. The van der Waals surface area contributed by atoms with E-state index in [4.69, 9.17) is 11.6 Å². The van der Waals surface area contributed by atoms with Crippen LogP contribution < -0.4 is 12.4 Å². The molecule has 0 aromatic rings. The second-order valence-corrected chi connectivity index (χ2v) is 1.20. The van der Waals surface area contributed by atoms with Crippen molar-refractivity contribution in [2.75, 3.05) is 5.21 Å². The van der Waals surface area contributed by atoms with Gasteiger partial charge >= 0.3 is 0 Å². The Balaban J connectivity index is 0. The van der Waals surface area contributed by atoms with Crippen molar-refractivity contribution < 1.29 is 12.4 Å². The molecule has 0 saturated carbocycles. The van der Waals surface area contributed by atoms with Crippen LogP contribution in [-0.4, -0.2) is 5.21 Å². The van der Waals surface area contributed by atoms with Crippen molar-refractivity contribution in [2.24, 2.45) is 0 Å². The molecule has 0 rings (SSSR count). The summed E-state index contributed by atoms with van der Waals surface area (Å²) in [5.41, 5.74) is 0. The van der Waals surface area contributed by atoms with Crippen LogP contribution in [0.2, 0.25) is 0 Å². The maximum Gasteiger partial charge on any atom is 0.176 e. The van der Waals surface area contributed by atoms with E-state index in [0.29, 0.717) is 5.21 Å². The fourth-order valence-electron chi connectivity index (χ4n) is 0. The Bertz CT molecular complexity index is 6.00. The molecule has 0 aliphatic rings. The Labute approximate surface area is 42.4 Å². The van der Waals surface area contributed by atoms with Crippen LogP contribution in [0.5, 0.6) is 0 Å². The molecule has 0 N–H and O–H groups in total. The summed E-state index contributed by atoms with van der Waals surface area (Å²) in [6, 6.07) is 0. The maximum atomic E-state index is 4.91. The lowest BCUT2D eigenvalue weighted by molar-refractivity contribution is -0.000000503. The summed E-state index contributed by atoms with van der Waals surface area (Å²) in [5, 5.41) is 0.528. The van der Waals surface area contributed by atoms with Gasteiger partial charge in [0.2, 0.25) is 0 Å². The molecule has 0 aliphatic heterocycles. The molecule has 3 heteroatoms. The van der Waals surface area contributed by atoms with E-state index < -0.39 is 0 Å². The van der Waals surface area contributed by atoms with Crippen LogP contribution in [-0.2, 0) is 12.6 Å². The molecule has 0 radical (unpaired) electrons. The Morgan fingerprint density at radius 1 is 1.75 bits per heavy atom. The molecule has 0 aromatic carbocycles. The van der Waals surface area contributed by atoms with Crippen LogP contribution in [0.25, 0.3) is 0 Å². The first-order valence-electron chi connectivity index (χ1n) is 0.621. The summed E-state index contributed by atoms with van der Waals surface area (Å²) in [4.78, 5) is 0. The Kier molecular flexibility index (Phi) is 20.1. The van der Waals surface area contributed by atoms with Crippen molar-refractivity contribution >= 4 is 24.2 Å². The van der Waals surface area contributed by atoms with Crippen molar-refractivity contribution in [3.63, 3.8) is 0 Å². The zero-order valence-electron chi connectivity index (χ0n) is 1.96. The van der Waals surface area contributed by atoms with Gasteiger partial charge in [0, 0.05) is 0 Å². The third-order valence-corrected chi connectivity index (χ3v) is 0. The van der Waals surface area contributed by atoms with Crippen LogP contribution in [0.15, 0.2) is 0 Å². The summed E-state index contributed by atoms with van der Waals surface area (Å²) in [7, 11) is 0. The molecule has 0 unspecified atom stereocenters. The Hall–Kier alpha value is 0.930. The topological polar surface area (TPSA) is 0 Å². The van der Waals surface area contributed by atoms with E-state index in [2.05, 4.69) is 12.6 Å². The summed E-state index contributed by atoms with van der Waals surface area (Å²) in [5.74, 6) is 0. The van der Waals surface area contributed by atoms with Crippen molar-refractivity contribution in [3.05, 3.63) is 0 Å². The van der Waals surface area contributed by atoms with E-state index in [1.165, 1.54) is 0 Å². The van der Waals surface area contributed by atoms with Crippen LogP contribution in [0.1, 0.15) is 0 Å². The van der Waals surface area contributed by atoms with Gasteiger partial charge in [-0.25, -0.2) is 0 Å². The lowest BCUT2D eigenvalue weighted by Crippen LogP contribution is -3.00. The molecule has 0 aliphatic carbocycles. The molecule has 0 spiro atoms. The number of hydrogen-bond donors (Lipinski definition) is 0. The Morgan fingerprint density at radius 2 is 1.75 bits per heavy atom. The van der Waals surface area contributed by atoms with Crippen LogP contribution in [0.3, 0.4) is 0 Å². The SMILES string of the molecule is [Cl-].[SH2+]CCl. The van der Waals surface area contributed by atoms with Crippen LogP contribution in [0, 0.1) is 0 Å². The van der Waals surface area contributed by atoms with Gasteiger partial charge in [0.15, 0.2) is 5.21 Å². The lowest BCUT2D eigenvalue weighted by atomic mass is 11.9. The van der Waals surface area contributed by atoms with E-state index >= 15 is 0 Å². The van der Waals surface area contributed by atoms with E-state index in [1.807, 2.05) is 0 Å². The molecule has 0 heterocycles. The standard InChI is InChI=1S/CH3ClS.ClH/c2-1-3;/h3H,1H2;1H. The third-order valence-electron chi connectivity index (χ3n) is 0. The second-order valence-electron chi connectivity index (χ2n) is 0.134. The van der Waals surface area contributed by atoms with Gasteiger partial charge in [-0.05, 0) is 12.6 Å². The van der Waals surface area contributed by atoms with E-state index in [1.54, 1.807) is 0 Å². The third kappa shape index (κ3) is 12.6. The van der Waals surface area contributed by atoms with Crippen LogP contribution >= 0.6 is 11.6 Å². The number of rotatable bonds is 0. The van der Waals surface area contributed by atoms with Crippen LogP contribution in [0.4, 0.5) is 0 Å². The van der Waals surface area contributed by atoms with Crippen molar-refractivity contribution in [1.29, 1.82) is 0 Å². The first-order chi connectivity index (χ1) is 1.41. The minimum Gasteiger partial charge on any atom is -1.00 e. The van der Waals surface area contributed by atoms with Gasteiger partial charge < -0.3 is 12.4 Å². The quantitative estimate of drug-likeness (QED) is 0.238. The average molecular weight is 119 g/mol. The van der Waals surface area contributed by atoms with Crippen molar-refractivity contribution in [3.8, 4) is 0 Å². The van der Waals surface area contributed by atoms with Gasteiger partial charge in [0.25, 0.3) is 0 Å². The van der Waals surface area contributed by atoms with E-state index in [9.17, 15) is 0 Å². The molecular formula is CH4Cl2S. The molecule has 0 fully saturated rings. The van der Waals surface area contributed by atoms with Crippen molar-refractivity contribution in [1.82, 2.24) is 0 Å². The van der Waals surface area contributed by atoms with E-state index in [-0.39, 0.29) is 12.4 Å². The summed E-state index contributed by atoms with van der Waals surface area (Å²) in [6.07, 6.45) is 0. The predicted molar refractivity (Wildman–Crippen MR) is 20.9 cm³/mol. The largest absolute Gasteiger partial charge is 1.00 e. The summed E-state index contributed by atoms with van der Waals surface area (Å²) in [6.45, 7) is 0. The first kappa shape index (κ1) is 8.87. The molecular weight excluding hydrogens is 115 g/mol. The normalized spacial score (nSPS) is 4.50. The monoisotopic (exact) mass is 118 g/mol. The number of alkyl halides is 1. The van der Waals surface area contributed by atoms with Gasteiger partial charge in [0.1, 0.15) is 0 Å². The average Bonchev–Trinajstić information content (AvgIpc) is 0.918. The molecule has 0 saturated heterocycles. The highest BCUT2D eigenvalue weighted by molar-refractivity contribution is 7.60. The van der Waals surface area contributed by atoms with E-state index in [0.717, 1.165) is 0 Å². The molecule has 0 amide bonds. The number of hydrogen-bond acceptors (Lipinski definition) is 0. The van der Waals surface area contributed by atoms with Gasteiger partial charge in [-0.3, -0.25) is 0 Å². The molecule has 4 heavy (non-hydrogen) atoms.